The Bertz CT molecular complexity index is 920. The van der Waals surface area contributed by atoms with Crippen molar-refractivity contribution in [3.63, 3.8) is 0 Å². The average molecular weight is 345 g/mol. The van der Waals surface area contributed by atoms with E-state index >= 15 is 0 Å². The van der Waals surface area contributed by atoms with Crippen molar-refractivity contribution in [2.75, 3.05) is 24.3 Å². The molecule has 0 bridgehead atoms. The summed E-state index contributed by atoms with van der Waals surface area (Å²) in [6.45, 7) is 0.735. The molecule has 0 radical (unpaired) electrons. The second kappa shape index (κ2) is 8.49. The highest BCUT2D eigenvalue weighted by molar-refractivity contribution is 5.65. The molecule has 3 aromatic rings. The molecule has 0 saturated carbocycles. The Kier molecular flexibility index (Phi) is 5.63. The monoisotopic (exact) mass is 345 g/mol. The van der Waals surface area contributed by atoms with Crippen molar-refractivity contribution in [2.24, 2.45) is 0 Å². The summed E-state index contributed by atoms with van der Waals surface area (Å²) < 4.78 is 5.24. The van der Waals surface area contributed by atoms with Gasteiger partial charge in [0.2, 0.25) is 0 Å². The van der Waals surface area contributed by atoms with Gasteiger partial charge in [0.15, 0.2) is 0 Å². The molecule has 0 amide bonds. The van der Waals surface area contributed by atoms with Crippen molar-refractivity contribution in [3.05, 3.63) is 72.1 Å². The van der Waals surface area contributed by atoms with Crippen LogP contribution in [0.3, 0.4) is 0 Å². The minimum Gasteiger partial charge on any atom is -0.497 e. The summed E-state index contributed by atoms with van der Waals surface area (Å²) >= 11 is 0. The van der Waals surface area contributed by atoms with Gasteiger partial charge in [-0.2, -0.15) is 5.26 Å². The van der Waals surface area contributed by atoms with E-state index in [4.69, 9.17) is 10.00 Å². The number of nitrogens with one attached hydrogen (secondary N) is 2. The predicted octanol–water partition coefficient (Wildman–Crippen LogP) is 3.76. The summed E-state index contributed by atoms with van der Waals surface area (Å²) in [5.74, 6) is 2.21. The first kappa shape index (κ1) is 17.2. The maximum Gasteiger partial charge on any atom is 0.135 e. The predicted molar refractivity (Wildman–Crippen MR) is 102 cm³/mol. The number of nitrogens with zero attached hydrogens (tertiary/aromatic N) is 3. The van der Waals surface area contributed by atoms with Crippen LogP contribution >= 0.6 is 0 Å². The zero-order valence-electron chi connectivity index (χ0n) is 14.4. The molecular weight excluding hydrogens is 326 g/mol. The van der Waals surface area contributed by atoms with Crippen LogP contribution < -0.4 is 15.4 Å². The number of methoxy groups -OCH3 is 1. The SMILES string of the molecule is COc1cccc(CCNc2cc(Nc3ccccc3C#N)ncn2)c1. The second-order valence-electron chi connectivity index (χ2n) is 5.60. The lowest BCUT2D eigenvalue weighted by atomic mass is 10.1. The van der Waals surface area contributed by atoms with Crippen LogP contribution in [-0.4, -0.2) is 23.6 Å². The van der Waals surface area contributed by atoms with E-state index in [0.717, 1.165) is 30.2 Å². The van der Waals surface area contributed by atoms with Gasteiger partial charge in [-0.3, -0.25) is 0 Å². The quantitative estimate of drug-likeness (QED) is 0.678. The Labute approximate surface area is 152 Å². The lowest BCUT2D eigenvalue weighted by molar-refractivity contribution is 0.414. The zero-order valence-corrected chi connectivity index (χ0v) is 14.4. The van der Waals surface area contributed by atoms with Gasteiger partial charge in [-0.25, -0.2) is 9.97 Å². The van der Waals surface area contributed by atoms with Crippen LogP contribution in [0.15, 0.2) is 60.9 Å². The van der Waals surface area contributed by atoms with E-state index in [2.05, 4.69) is 32.7 Å². The smallest absolute Gasteiger partial charge is 0.135 e. The Morgan fingerprint density at radius 1 is 1.04 bits per heavy atom. The maximum absolute atomic E-state index is 9.17. The van der Waals surface area contributed by atoms with Crippen molar-refractivity contribution in [2.45, 2.75) is 6.42 Å². The largest absolute Gasteiger partial charge is 0.497 e. The number of aromatic nitrogens is 2. The number of hydrogen-bond donors (Lipinski definition) is 2. The summed E-state index contributed by atoms with van der Waals surface area (Å²) in [6.07, 6.45) is 2.34. The summed E-state index contributed by atoms with van der Waals surface area (Å²) in [5.41, 5.74) is 2.47. The van der Waals surface area contributed by atoms with Crippen LogP contribution in [0.5, 0.6) is 5.75 Å². The number of hydrogen-bond acceptors (Lipinski definition) is 6. The summed E-state index contributed by atoms with van der Waals surface area (Å²) in [5, 5.41) is 15.6. The molecule has 1 heterocycles. The molecule has 6 nitrogen and oxygen atoms in total. The third kappa shape index (κ3) is 4.48. The minimum absolute atomic E-state index is 0.568. The van der Waals surface area contributed by atoms with Gasteiger partial charge in [-0.1, -0.05) is 24.3 Å². The molecule has 0 spiro atoms. The van der Waals surface area contributed by atoms with Gasteiger partial charge in [0.25, 0.3) is 0 Å². The molecule has 0 saturated heterocycles. The minimum atomic E-state index is 0.568. The highest BCUT2D eigenvalue weighted by Gasteiger charge is 2.04. The number of anilines is 3. The number of ether oxygens (including phenoxy) is 1. The molecule has 26 heavy (non-hydrogen) atoms. The van der Waals surface area contributed by atoms with Crippen LogP contribution in [0.4, 0.5) is 17.3 Å². The van der Waals surface area contributed by atoms with Crippen molar-refractivity contribution in [1.82, 2.24) is 9.97 Å². The molecule has 0 unspecified atom stereocenters. The van der Waals surface area contributed by atoms with Crippen LogP contribution in [0.1, 0.15) is 11.1 Å². The van der Waals surface area contributed by atoms with Crippen molar-refractivity contribution < 1.29 is 4.74 Å². The zero-order chi connectivity index (χ0) is 18.2. The molecule has 0 aliphatic carbocycles. The fourth-order valence-electron chi connectivity index (χ4n) is 2.51. The van der Waals surface area contributed by atoms with Crippen LogP contribution in [0, 0.1) is 11.3 Å². The van der Waals surface area contributed by atoms with E-state index in [1.807, 2.05) is 42.5 Å². The highest BCUT2D eigenvalue weighted by Crippen LogP contribution is 2.20. The normalized spacial score (nSPS) is 10.0. The maximum atomic E-state index is 9.17. The number of nitriles is 1. The Morgan fingerprint density at radius 2 is 1.88 bits per heavy atom. The lowest BCUT2D eigenvalue weighted by Gasteiger charge is -2.10. The molecule has 6 heteroatoms. The highest BCUT2D eigenvalue weighted by atomic mass is 16.5. The topological polar surface area (TPSA) is 82.9 Å². The first-order valence-electron chi connectivity index (χ1n) is 8.23. The van der Waals surface area contributed by atoms with Gasteiger partial charge < -0.3 is 15.4 Å². The second-order valence-corrected chi connectivity index (χ2v) is 5.60. The molecule has 0 aliphatic heterocycles. The Hall–Kier alpha value is -3.59. The molecule has 0 fully saturated rings. The van der Waals surface area contributed by atoms with Crippen molar-refractivity contribution >= 4 is 17.3 Å². The fourth-order valence-corrected chi connectivity index (χ4v) is 2.51. The first-order valence-corrected chi connectivity index (χ1v) is 8.23. The van der Waals surface area contributed by atoms with Gasteiger partial charge in [-0.05, 0) is 36.2 Å². The van der Waals surface area contributed by atoms with Crippen molar-refractivity contribution in [1.29, 1.82) is 5.26 Å². The van der Waals surface area contributed by atoms with E-state index < -0.39 is 0 Å². The third-order valence-electron chi connectivity index (χ3n) is 3.83. The van der Waals surface area contributed by atoms with Gasteiger partial charge in [0.1, 0.15) is 29.8 Å². The van der Waals surface area contributed by atoms with Gasteiger partial charge in [0.05, 0.1) is 18.4 Å². The molecule has 0 atom stereocenters. The molecule has 0 aliphatic rings. The Morgan fingerprint density at radius 3 is 2.73 bits per heavy atom. The molecule has 2 N–H and O–H groups in total. The number of rotatable bonds is 7. The lowest BCUT2D eigenvalue weighted by Crippen LogP contribution is -2.07. The molecule has 130 valence electrons. The van der Waals surface area contributed by atoms with Crippen LogP contribution in [-0.2, 0) is 6.42 Å². The van der Waals surface area contributed by atoms with Crippen molar-refractivity contribution in [3.8, 4) is 11.8 Å². The molecule has 3 rings (SSSR count). The summed E-state index contributed by atoms with van der Waals surface area (Å²) in [7, 11) is 1.66. The molecule has 1 aromatic heterocycles. The Balaban J connectivity index is 1.61. The number of para-hydroxylation sites is 1. The average Bonchev–Trinajstić information content (AvgIpc) is 2.69. The first-order chi connectivity index (χ1) is 12.8. The van der Waals surface area contributed by atoms with Crippen LogP contribution in [0.25, 0.3) is 0 Å². The van der Waals surface area contributed by atoms with Gasteiger partial charge in [-0.15, -0.1) is 0 Å². The van der Waals surface area contributed by atoms with E-state index in [0.29, 0.717) is 11.4 Å². The van der Waals surface area contributed by atoms with E-state index in [1.54, 1.807) is 13.2 Å². The molecular formula is C20H19N5O. The standard InChI is InChI=1S/C20H19N5O/c1-26-17-7-4-5-15(11-17)9-10-22-19-12-20(24-14-23-19)25-18-8-3-2-6-16(18)13-21/h2-8,11-12,14H,9-10H2,1H3,(H2,22,23,24,25). The molecule has 2 aromatic carbocycles. The summed E-state index contributed by atoms with van der Waals surface area (Å²) in [6, 6.07) is 19.3. The van der Waals surface area contributed by atoms with Gasteiger partial charge in [0, 0.05) is 12.6 Å². The number of benzene rings is 2. The van der Waals surface area contributed by atoms with Crippen LogP contribution in [0.2, 0.25) is 0 Å². The van der Waals surface area contributed by atoms with E-state index in [9.17, 15) is 0 Å². The van der Waals surface area contributed by atoms with Gasteiger partial charge >= 0.3 is 0 Å². The third-order valence-corrected chi connectivity index (χ3v) is 3.83. The van der Waals surface area contributed by atoms with E-state index in [1.165, 1.54) is 11.9 Å². The fraction of sp³-hybridized carbons (Fsp3) is 0.150. The summed E-state index contributed by atoms with van der Waals surface area (Å²) in [4.78, 5) is 8.45. The van der Waals surface area contributed by atoms with E-state index in [-0.39, 0.29) is 0 Å².